The largest absolute Gasteiger partial charge is 0.396 e. The van der Waals surface area contributed by atoms with E-state index < -0.39 is 0 Å². The van der Waals surface area contributed by atoms with E-state index in [9.17, 15) is 0 Å². The van der Waals surface area contributed by atoms with Gasteiger partial charge in [0.05, 0.1) is 0 Å². The van der Waals surface area contributed by atoms with Crippen molar-refractivity contribution in [3.8, 4) is 0 Å². The molecule has 2 rings (SSSR count). The molecule has 1 saturated carbocycles. The molecule has 1 aliphatic carbocycles. The quantitative estimate of drug-likeness (QED) is 0.720. The molecule has 0 radical (unpaired) electrons. The van der Waals surface area contributed by atoms with Crippen LogP contribution in [0, 0.1) is 17.8 Å². The van der Waals surface area contributed by atoms with Gasteiger partial charge in [0.1, 0.15) is 0 Å². The molecule has 2 atom stereocenters. The van der Waals surface area contributed by atoms with Gasteiger partial charge in [-0.3, -0.25) is 0 Å². The van der Waals surface area contributed by atoms with Crippen molar-refractivity contribution in [2.45, 2.75) is 38.5 Å². The Hall–Kier alpha value is -0.0800. The zero-order chi connectivity index (χ0) is 9.80. The predicted octanol–water partition coefficient (Wildman–Crippen LogP) is 1.78. The first-order valence-electron chi connectivity index (χ1n) is 6.23. The summed E-state index contributed by atoms with van der Waals surface area (Å²) in [5, 5.41) is 12.6. The van der Waals surface area contributed by atoms with Crippen LogP contribution in [0.15, 0.2) is 0 Å². The molecule has 0 aromatic heterocycles. The molecule has 82 valence electrons. The van der Waals surface area contributed by atoms with Gasteiger partial charge in [-0.05, 0) is 69.4 Å². The third-order valence-corrected chi connectivity index (χ3v) is 3.92. The zero-order valence-electron chi connectivity index (χ0n) is 9.04. The van der Waals surface area contributed by atoms with Crippen LogP contribution in [0.2, 0.25) is 0 Å². The normalized spacial score (nSPS) is 31.1. The smallest absolute Gasteiger partial charge is 0.0433 e. The molecule has 1 heterocycles. The highest BCUT2D eigenvalue weighted by atomic mass is 16.3. The highest BCUT2D eigenvalue weighted by Crippen LogP contribution is 2.44. The second kappa shape index (κ2) is 5.13. The van der Waals surface area contributed by atoms with Crippen molar-refractivity contribution < 1.29 is 5.11 Å². The molecule has 2 fully saturated rings. The van der Waals surface area contributed by atoms with Gasteiger partial charge in [0.15, 0.2) is 0 Å². The minimum atomic E-state index is 0.394. The lowest BCUT2D eigenvalue weighted by Crippen LogP contribution is -2.20. The van der Waals surface area contributed by atoms with Gasteiger partial charge >= 0.3 is 0 Å². The Morgan fingerprint density at radius 2 is 1.86 bits per heavy atom. The van der Waals surface area contributed by atoms with E-state index in [1.54, 1.807) is 0 Å². The molecule has 2 nitrogen and oxygen atoms in total. The lowest BCUT2D eigenvalue weighted by atomic mass is 9.81. The number of hydrogen-bond acceptors (Lipinski definition) is 2. The van der Waals surface area contributed by atoms with Crippen LogP contribution in [-0.4, -0.2) is 24.8 Å². The van der Waals surface area contributed by atoms with Gasteiger partial charge in [0.2, 0.25) is 0 Å². The number of rotatable bonds is 4. The number of nitrogens with one attached hydrogen (secondary N) is 1. The van der Waals surface area contributed by atoms with Crippen molar-refractivity contribution in [3.63, 3.8) is 0 Å². The molecule has 2 unspecified atom stereocenters. The average molecular weight is 197 g/mol. The van der Waals surface area contributed by atoms with Crippen molar-refractivity contribution in [2.75, 3.05) is 19.7 Å². The van der Waals surface area contributed by atoms with E-state index in [4.69, 9.17) is 5.11 Å². The Bertz CT molecular complexity index is 160. The van der Waals surface area contributed by atoms with E-state index >= 15 is 0 Å². The van der Waals surface area contributed by atoms with Crippen LogP contribution in [-0.2, 0) is 0 Å². The lowest BCUT2D eigenvalue weighted by molar-refractivity contribution is 0.191. The van der Waals surface area contributed by atoms with E-state index in [1.165, 1.54) is 45.2 Å². The van der Waals surface area contributed by atoms with E-state index in [0.29, 0.717) is 6.61 Å². The van der Waals surface area contributed by atoms with Crippen LogP contribution in [0.5, 0.6) is 0 Å². The Kier molecular flexibility index (Phi) is 3.82. The third kappa shape index (κ3) is 2.71. The summed E-state index contributed by atoms with van der Waals surface area (Å²) in [6, 6.07) is 0. The van der Waals surface area contributed by atoms with Crippen molar-refractivity contribution in [2.24, 2.45) is 17.8 Å². The first kappa shape index (κ1) is 10.4. The van der Waals surface area contributed by atoms with E-state index in [0.717, 1.165) is 24.2 Å². The average Bonchev–Trinajstić information content (AvgIpc) is 3.02. The molecule has 14 heavy (non-hydrogen) atoms. The van der Waals surface area contributed by atoms with Gasteiger partial charge < -0.3 is 10.4 Å². The topological polar surface area (TPSA) is 32.3 Å². The molecule has 2 N–H and O–H groups in total. The second-order valence-electron chi connectivity index (χ2n) is 4.95. The van der Waals surface area contributed by atoms with Crippen LogP contribution >= 0.6 is 0 Å². The maximum Gasteiger partial charge on any atom is 0.0433 e. The van der Waals surface area contributed by atoms with E-state index in [-0.39, 0.29) is 0 Å². The molecule has 0 spiro atoms. The highest BCUT2D eigenvalue weighted by molar-refractivity contribution is 4.86. The van der Waals surface area contributed by atoms with Crippen molar-refractivity contribution in [1.82, 2.24) is 5.32 Å². The maximum absolute atomic E-state index is 9.10. The first-order chi connectivity index (χ1) is 6.92. The molecule has 0 bridgehead atoms. The summed E-state index contributed by atoms with van der Waals surface area (Å²) in [5.41, 5.74) is 0. The minimum Gasteiger partial charge on any atom is -0.396 e. The van der Waals surface area contributed by atoms with E-state index in [2.05, 4.69) is 5.32 Å². The Balaban J connectivity index is 1.86. The van der Waals surface area contributed by atoms with Gasteiger partial charge in [-0.15, -0.1) is 0 Å². The molecule has 1 saturated heterocycles. The Morgan fingerprint density at radius 1 is 1.07 bits per heavy atom. The van der Waals surface area contributed by atoms with Crippen LogP contribution in [0.1, 0.15) is 38.5 Å². The molecular formula is C12H23NO. The molecule has 1 aliphatic heterocycles. The van der Waals surface area contributed by atoms with Gasteiger partial charge in [0.25, 0.3) is 0 Å². The molecule has 2 aliphatic rings. The number of aliphatic hydroxyl groups excluding tert-OH is 1. The summed E-state index contributed by atoms with van der Waals surface area (Å²) in [4.78, 5) is 0. The van der Waals surface area contributed by atoms with Crippen LogP contribution < -0.4 is 5.32 Å². The second-order valence-corrected chi connectivity index (χ2v) is 4.95. The number of hydrogen-bond donors (Lipinski definition) is 2. The standard InChI is InChI=1S/C12H23NO/c14-9-6-12(11-3-4-11)10-2-1-7-13-8-5-10/h10-14H,1-9H2. The minimum absolute atomic E-state index is 0.394. The Labute approximate surface area is 87.1 Å². The maximum atomic E-state index is 9.10. The monoisotopic (exact) mass is 197 g/mol. The molecular weight excluding hydrogens is 174 g/mol. The van der Waals surface area contributed by atoms with Crippen LogP contribution in [0.3, 0.4) is 0 Å². The van der Waals surface area contributed by atoms with Crippen molar-refractivity contribution >= 4 is 0 Å². The summed E-state index contributed by atoms with van der Waals surface area (Å²) in [6.07, 6.45) is 7.95. The summed E-state index contributed by atoms with van der Waals surface area (Å²) >= 11 is 0. The predicted molar refractivity (Wildman–Crippen MR) is 58.1 cm³/mol. The fourth-order valence-electron chi connectivity index (χ4n) is 3.00. The Morgan fingerprint density at radius 3 is 2.57 bits per heavy atom. The molecule has 0 aromatic rings. The fraction of sp³-hybridized carbons (Fsp3) is 1.00. The van der Waals surface area contributed by atoms with Gasteiger partial charge in [-0.1, -0.05) is 0 Å². The SMILES string of the molecule is OCCC(C1CCCNCC1)C1CC1. The van der Waals surface area contributed by atoms with Crippen LogP contribution in [0.25, 0.3) is 0 Å². The number of aliphatic hydroxyl groups is 1. The van der Waals surface area contributed by atoms with Gasteiger partial charge in [-0.25, -0.2) is 0 Å². The fourth-order valence-corrected chi connectivity index (χ4v) is 3.00. The summed E-state index contributed by atoms with van der Waals surface area (Å²) in [6.45, 7) is 2.79. The summed E-state index contributed by atoms with van der Waals surface area (Å²) in [5.74, 6) is 2.69. The van der Waals surface area contributed by atoms with Gasteiger partial charge in [-0.2, -0.15) is 0 Å². The molecule has 0 aromatic carbocycles. The third-order valence-electron chi connectivity index (χ3n) is 3.92. The van der Waals surface area contributed by atoms with Crippen molar-refractivity contribution in [1.29, 1.82) is 0 Å². The lowest BCUT2D eigenvalue weighted by Gasteiger charge is -2.25. The van der Waals surface area contributed by atoms with Crippen LogP contribution in [0.4, 0.5) is 0 Å². The zero-order valence-corrected chi connectivity index (χ0v) is 9.04. The molecule has 0 amide bonds. The first-order valence-corrected chi connectivity index (χ1v) is 6.23. The van der Waals surface area contributed by atoms with E-state index in [1.807, 2.05) is 0 Å². The summed E-state index contributed by atoms with van der Waals surface area (Å²) in [7, 11) is 0. The molecule has 2 heteroatoms. The summed E-state index contributed by atoms with van der Waals surface area (Å²) < 4.78 is 0. The van der Waals surface area contributed by atoms with Crippen molar-refractivity contribution in [3.05, 3.63) is 0 Å². The van der Waals surface area contributed by atoms with Gasteiger partial charge in [0, 0.05) is 6.61 Å². The highest BCUT2D eigenvalue weighted by Gasteiger charge is 2.35.